The lowest BCUT2D eigenvalue weighted by molar-refractivity contribution is -0.150. The Balaban J connectivity index is 1.31. The van der Waals surface area contributed by atoms with Gasteiger partial charge in [-0.2, -0.15) is 23.7 Å². The van der Waals surface area contributed by atoms with Crippen LogP contribution in [0.3, 0.4) is 0 Å². The number of carbonyl (C=O) groups excluding carboxylic acids is 2. The maximum Gasteiger partial charge on any atom is 0.367 e. The van der Waals surface area contributed by atoms with Crippen molar-refractivity contribution in [3.05, 3.63) is 39.7 Å². The molecule has 1 unspecified atom stereocenters. The first-order valence-corrected chi connectivity index (χ1v) is 14.1. The van der Waals surface area contributed by atoms with E-state index in [1.807, 2.05) is 0 Å². The number of carboxylic acids is 2. The van der Waals surface area contributed by atoms with Gasteiger partial charge in [0, 0.05) is 23.0 Å². The molecule has 214 valence electrons. The van der Waals surface area contributed by atoms with E-state index in [0.717, 1.165) is 37.4 Å². The number of aliphatic carboxylic acids is 2. The number of carbonyl (C=O) groups is 4. The van der Waals surface area contributed by atoms with Crippen LogP contribution in [0.2, 0.25) is 0 Å². The van der Waals surface area contributed by atoms with Gasteiger partial charge >= 0.3 is 17.6 Å². The number of hydrogen-bond acceptors (Lipinski definition) is 15. The molecule has 0 radical (unpaired) electrons. The Hall–Kier alpha value is -4.50. The monoisotopic (exact) mass is 622 g/mol. The standard InChI is InChI=1S/C20H18N10O8S3/c1-38-26-11(14-23-19(21)41-27-14)15(33)22-12-16(34)29-13(18(35)36)7(6-40-17(12)29)5-39-9-3-2-8-24-28(4-10(31)32)20(37)30(8)25-9/h2-3,12,17H,4-6H2,1H3,(H,22,33)(H,31,32)(H,35,36)(H2,21,23,27)/b26-11+/t12?,17-/m1/s1. The molecule has 5 N–H and O–H groups in total. The molecular formula is C20H18N10O8S3. The fourth-order valence-corrected chi connectivity index (χ4v) is 6.75. The second-order valence-corrected chi connectivity index (χ2v) is 11.1. The summed E-state index contributed by atoms with van der Waals surface area (Å²) in [6.45, 7) is -0.625. The SMILES string of the molecule is CO/N=C(/C(=O)NC1C(=O)N2C(C(=O)O)=C(CSc3ccc4nn(CC(=O)O)c(=O)n4n3)CS[C@H]12)c1nsc(N)n1. The number of oxime groups is 1. The van der Waals surface area contributed by atoms with E-state index in [0.29, 0.717) is 10.6 Å². The number of thioether (sulfide) groups is 2. The number of anilines is 1. The van der Waals surface area contributed by atoms with E-state index < -0.39 is 47.4 Å². The molecule has 5 heterocycles. The molecule has 3 aromatic heterocycles. The minimum Gasteiger partial charge on any atom is -0.480 e. The summed E-state index contributed by atoms with van der Waals surface area (Å²) in [5, 5.41) is 32.9. The van der Waals surface area contributed by atoms with E-state index >= 15 is 0 Å². The zero-order valence-corrected chi connectivity index (χ0v) is 23.1. The van der Waals surface area contributed by atoms with Gasteiger partial charge in [0.15, 0.2) is 10.8 Å². The molecule has 2 aliphatic rings. The third kappa shape index (κ3) is 5.32. The summed E-state index contributed by atoms with van der Waals surface area (Å²) in [6.07, 6.45) is 0. The maximum absolute atomic E-state index is 13.0. The van der Waals surface area contributed by atoms with Crippen LogP contribution < -0.4 is 16.7 Å². The molecule has 0 aromatic carbocycles. The third-order valence-electron chi connectivity index (χ3n) is 5.68. The minimum absolute atomic E-state index is 0.0829. The lowest BCUT2D eigenvalue weighted by atomic mass is 10.0. The van der Waals surface area contributed by atoms with Crippen molar-refractivity contribution in [1.82, 2.24) is 39.0 Å². The number of nitrogen functional groups attached to an aromatic ring is 1. The molecule has 41 heavy (non-hydrogen) atoms. The molecule has 2 amide bonds. The topological polar surface area (TPSA) is 250 Å². The summed E-state index contributed by atoms with van der Waals surface area (Å²) in [4.78, 5) is 71.1. The zero-order chi connectivity index (χ0) is 29.4. The van der Waals surface area contributed by atoms with Gasteiger partial charge in [0.1, 0.15) is 35.8 Å². The number of nitrogens with two attached hydrogens (primary N) is 1. The van der Waals surface area contributed by atoms with Crippen LogP contribution in [0.5, 0.6) is 0 Å². The van der Waals surface area contributed by atoms with Gasteiger partial charge in [-0.3, -0.25) is 19.3 Å². The van der Waals surface area contributed by atoms with Crippen molar-refractivity contribution in [3.8, 4) is 0 Å². The number of fused-ring (bicyclic) bond motifs is 2. The van der Waals surface area contributed by atoms with Crippen LogP contribution in [-0.4, -0.2) is 103 Å². The summed E-state index contributed by atoms with van der Waals surface area (Å²) >= 11 is 3.23. The average molecular weight is 623 g/mol. The molecule has 2 aliphatic heterocycles. The Kier molecular flexibility index (Phi) is 7.64. The smallest absolute Gasteiger partial charge is 0.367 e. The van der Waals surface area contributed by atoms with Gasteiger partial charge in [0.25, 0.3) is 11.8 Å². The van der Waals surface area contributed by atoms with Crippen molar-refractivity contribution in [2.75, 3.05) is 24.3 Å². The average Bonchev–Trinajstić information content (AvgIpc) is 3.50. The van der Waals surface area contributed by atoms with Gasteiger partial charge in [-0.15, -0.1) is 28.6 Å². The highest BCUT2D eigenvalue weighted by Gasteiger charge is 2.54. The molecule has 1 fully saturated rings. The zero-order valence-electron chi connectivity index (χ0n) is 20.7. The van der Waals surface area contributed by atoms with Crippen molar-refractivity contribution in [2.45, 2.75) is 23.0 Å². The number of hydrogen-bond donors (Lipinski definition) is 4. The molecule has 0 bridgehead atoms. The molecule has 18 nitrogen and oxygen atoms in total. The van der Waals surface area contributed by atoms with Crippen molar-refractivity contribution >= 4 is 75.3 Å². The molecule has 1 saturated heterocycles. The van der Waals surface area contributed by atoms with Crippen LogP contribution in [0.4, 0.5) is 5.13 Å². The number of β-lactam (4-membered cyclic amide) rings is 1. The van der Waals surface area contributed by atoms with Gasteiger partial charge < -0.3 is 26.1 Å². The van der Waals surface area contributed by atoms with Crippen molar-refractivity contribution in [1.29, 1.82) is 0 Å². The van der Waals surface area contributed by atoms with Gasteiger partial charge in [0.05, 0.1) is 0 Å². The van der Waals surface area contributed by atoms with Gasteiger partial charge in [-0.1, -0.05) is 5.16 Å². The fourth-order valence-electron chi connectivity index (χ4n) is 3.97. The Labute approximate surface area is 240 Å². The van der Waals surface area contributed by atoms with Crippen LogP contribution >= 0.6 is 35.1 Å². The van der Waals surface area contributed by atoms with Crippen LogP contribution in [0.25, 0.3) is 5.65 Å². The summed E-state index contributed by atoms with van der Waals surface area (Å²) in [7, 11) is 1.22. The van der Waals surface area contributed by atoms with E-state index in [1.54, 1.807) is 6.07 Å². The fraction of sp³-hybridized carbons (Fsp3) is 0.300. The summed E-state index contributed by atoms with van der Waals surface area (Å²) in [5.74, 6) is -3.71. The van der Waals surface area contributed by atoms with E-state index in [9.17, 15) is 29.1 Å². The first kappa shape index (κ1) is 28.0. The summed E-state index contributed by atoms with van der Waals surface area (Å²) < 4.78 is 5.64. The Morgan fingerprint density at radius 3 is 2.71 bits per heavy atom. The molecule has 3 aromatic rings. The van der Waals surface area contributed by atoms with Crippen LogP contribution in [0.15, 0.2) is 38.4 Å². The maximum atomic E-state index is 13.0. The first-order chi connectivity index (χ1) is 19.6. The Bertz CT molecular complexity index is 1710. The van der Waals surface area contributed by atoms with Crippen LogP contribution in [0, 0.1) is 0 Å². The van der Waals surface area contributed by atoms with Crippen molar-refractivity contribution in [2.24, 2.45) is 5.16 Å². The molecule has 5 rings (SSSR count). The Morgan fingerprint density at radius 1 is 1.27 bits per heavy atom. The van der Waals surface area contributed by atoms with Crippen LogP contribution in [-0.2, 0) is 30.6 Å². The number of rotatable bonds is 10. The van der Waals surface area contributed by atoms with E-state index in [4.69, 9.17) is 15.7 Å². The van der Waals surface area contributed by atoms with E-state index in [1.165, 1.54) is 24.9 Å². The van der Waals surface area contributed by atoms with Crippen molar-refractivity contribution in [3.63, 3.8) is 0 Å². The highest BCUT2D eigenvalue weighted by Crippen LogP contribution is 2.41. The lowest BCUT2D eigenvalue weighted by Gasteiger charge is -2.49. The summed E-state index contributed by atoms with van der Waals surface area (Å²) in [6, 6.07) is 2.00. The minimum atomic E-state index is -1.32. The number of nitrogens with one attached hydrogen (secondary N) is 1. The highest BCUT2D eigenvalue weighted by molar-refractivity contribution is 8.01. The Morgan fingerprint density at radius 2 is 2.05 bits per heavy atom. The predicted molar refractivity (Wildman–Crippen MR) is 143 cm³/mol. The third-order valence-corrected chi connectivity index (χ3v) is 8.57. The largest absolute Gasteiger partial charge is 0.480 e. The summed E-state index contributed by atoms with van der Waals surface area (Å²) in [5.41, 5.74) is 4.92. The normalized spacial score (nSPS) is 18.7. The number of nitrogens with zero attached hydrogens (tertiary/aromatic N) is 8. The molecule has 21 heteroatoms. The van der Waals surface area contributed by atoms with E-state index in [2.05, 4.69) is 30.0 Å². The highest BCUT2D eigenvalue weighted by atomic mass is 32.2. The van der Waals surface area contributed by atoms with Gasteiger partial charge in [-0.25, -0.2) is 9.59 Å². The number of aromatic nitrogens is 6. The van der Waals surface area contributed by atoms with Gasteiger partial charge in [-0.05, 0) is 17.7 Å². The molecule has 0 saturated carbocycles. The van der Waals surface area contributed by atoms with E-state index in [-0.39, 0.29) is 39.5 Å². The lowest BCUT2D eigenvalue weighted by Crippen LogP contribution is -2.71. The van der Waals surface area contributed by atoms with Gasteiger partial charge in [0.2, 0.25) is 11.5 Å². The quantitative estimate of drug-likeness (QED) is 0.0850. The molecule has 0 spiro atoms. The number of carboxylic acid groups (broad SMARTS) is 2. The first-order valence-electron chi connectivity index (χ1n) is 11.3. The molecule has 0 aliphatic carbocycles. The molecular weight excluding hydrogens is 604 g/mol. The second-order valence-electron chi connectivity index (χ2n) is 8.26. The van der Waals surface area contributed by atoms with Crippen molar-refractivity contribution < 1.29 is 34.2 Å². The van der Waals surface area contributed by atoms with Crippen LogP contribution in [0.1, 0.15) is 5.82 Å². The number of amides is 2. The molecule has 2 atom stereocenters. The predicted octanol–water partition coefficient (Wildman–Crippen LogP) is -1.71. The second kappa shape index (κ2) is 11.2.